The highest BCUT2D eigenvalue weighted by Crippen LogP contribution is 2.19. The van der Waals surface area contributed by atoms with Crippen LogP contribution < -0.4 is 16.8 Å². The van der Waals surface area contributed by atoms with Crippen LogP contribution in [-0.4, -0.2) is 20.4 Å². The van der Waals surface area contributed by atoms with Crippen LogP contribution in [0.5, 0.6) is 0 Å². The molecule has 0 spiro atoms. The molecule has 3 aromatic rings. The van der Waals surface area contributed by atoms with Gasteiger partial charge < -0.3 is 0 Å². The SMILES string of the molecule is Cc1csc2c(=O)n(Cc3csc(C(=O)NN)n3)cnc12. The van der Waals surface area contributed by atoms with Crippen LogP contribution in [0.25, 0.3) is 10.2 Å². The minimum atomic E-state index is -0.443. The monoisotopic (exact) mass is 321 g/mol. The number of amides is 1. The minimum absolute atomic E-state index is 0.101. The summed E-state index contributed by atoms with van der Waals surface area (Å²) in [6.45, 7) is 2.20. The second-order valence-corrected chi connectivity index (χ2v) is 6.13. The van der Waals surface area contributed by atoms with Crippen LogP contribution in [0.3, 0.4) is 0 Å². The highest BCUT2D eigenvalue weighted by atomic mass is 32.1. The Morgan fingerprint density at radius 3 is 3.00 bits per heavy atom. The number of aromatic nitrogens is 3. The molecule has 1 amide bonds. The van der Waals surface area contributed by atoms with Crippen molar-refractivity contribution in [1.82, 2.24) is 20.0 Å². The van der Waals surface area contributed by atoms with Crippen molar-refractivity contribution < 1.29 is 4.79 Å². The number of carbonyl (C=O) groups excluding carboxylic acids is 1. The van der Waals surface area contributed by atoms with Crippen molar-refractivity contribution in [2.75, 3.05) is 0 Å². The van der Waals surface area contributed by atoms with Crippen molar-refractivity contribution in [2.24, 2.45) is 5.84 Å². The van der Waals surface area contributed by atoms with E-state index >= 15 is 0 Å². The van der Waals surface area contributed by atoms with E-state index in [-0.39, 0.29) is 17.1 Å². The number of thiazole rings is 1. The van der Waals surface area contributed by atoms with Gasteiger partial charge in [0, 0.05) is 5.38 Å². The molecule has 0 aliphatic heterocycles. The van der Waals surface area contributed by atoms with Gasteiger partial charge in [0.1, 0.15) is 4.70 Å². The highest BCUT2D eigenvalue weighted by Gasteiger charge is 2.12. The number of nitrogens with one attached hydrogen (secondary N) is 1. The number of carbonyl (C=O) groups is 1. The lowest BCUT2D eigenvalue weighted by Gasteiger charge is -2.02. The van der Waals surface area contributed by atoms with Gasteiger partial charge in [0.05, 0.1) is 24.1 Å². The summed E-state index contributed by atoms with van der Waals surface area (Å²) in [5.74, 6) is 4.61. The number of thiophene rings is 1. The molecular weight excluding hydrogens is 310 g/mol. The minimum Gasteiger partial charge on any atom is -0.292 e. The van der Waals surface area contributed by atoms with Crippen molar-refractivity contribution in [3.8, 4) is 0 Å². The maximum atomic E-state index is 12.4. The number of nitrogen functional groups attached to an aromatic ring is 1. The lowest BCUT2D eigenvalue weighted by molar-refractivity contribution is 0.0953. The molecule has 0 saturated heterocycles. The number of nitrogens with zero attached hydrogens (tertiary/aromatic N) is 3. The average Bonchev–Trinajstić information content (AvgIpc) is 3.09. The van der Waals surface area contributed by atoms with Gasteiger partial charge in [-0.1, -0.05) is 0 Å². The van der Waals surface area contributed by atoms with Crippen LogP contribution in [0, 0.1) is 6.92 Å². The topological polar surface area (TPSA) is 103 Å². The Labute approximate surface area is 127 Å². The van der Waals surface area contributed by atoms with Gasteiger partial charge in [0.2, 0.25) is 0 Å². The van der Waals surface area contributed by atoms with Gasteiger partial charge in [-0.2, -0.15) is 0 Å². The summed E-state index contributed by atoms with van der Waals surface area (Å²) in [7, 11) is 0. The zero-order valence-corrected chi connectivity index (χ0v) is 12.6. The van der Waals surface area contributed by atoms with Crippen LogP contribution in [0.1, 0.15) is 21.1 Å². The molecule has 0 bridgehead atoms. The van der Waals surface area contributed by atoms with E-state index < -0.39 is 5.91 Å². The molecule has 0 atom stereocenters. The predicted molar refractivity (Wildman–Crippen MR) is 81.5 cm³/mol. The number of hydrogen-bond donors (Lipinski definition) is 2. The normalized spacial score (nSPS) is 11.0. The Morgan fingerprint density at radius 1 is 1.43 bits per heavy atom. The number of fused-ring (bicyclic) bond motifs is 1. The van der Waals surface area contributed by atoms with Crippen molar-refractivity contribution in [2.45, 2.75) is 13.5 Å². The van der Waals surface area contributed by atoms with Gasteiger partial charge >= 0.3 is 0 Å². The molecule has 7 nitrogen and oxygen atoms in total. The van der Waals surface area contributed by atoms with Gasteiger partial charge in [0.25, 0.3) is 11.5 Å². The first-order valence-electron chi connectivity index (χ1n) is 5.98. The van der Waals surface area contributed by atoms with E-state index in [0.29, 0.717) is 10.4 Å². The average molecular weight is 321 g/mol. The fourth-order valence-electron chi connectivity index (χ4n) is 1.89. The van der Waals surface area contributed by atoms with E-state index in [1.807, 2.05) is 17.7 Å². The third-order valence-corrected chi connectivity index (χ3v) is 4.90. The fourth-order valence-corrected chi connectivity index (χ4v) is 3.55. The number of nitrogens with two attached hydrogens (primary N) is 1. The Morgan fingerprint density at radius 2 is 2.24 bits per heavy atom. The van der Waals surface area contributed by atoms with Crippen LogP contribution in [0.4, 0.5) is 0 Å². The molecule has 3 aromatic heterocycles. The summed E-state index contributed by atoms with van der Waals surface area (Å²) in [5, 5.41) is 3.90. The highest BCUT2D eigenvalue weighted by molar-refractivity contribution is 7.17. The van der Waals surface area contributed by atoms with Gasteiger partial charge in [-0.05, 0) is 17.9 Å². The van der Waals surface area contributed by atoms with Gasteiger partial charge in [-0.15, -0.1) is 22.7 Å². The van der Waals surface area contributed by atoms with Crippen LogP contribution in [-0.2, 0) is 6.54 Å². The van der Waals surface area contributed by atoms with E-state index in [4.69, 9.17) is 5.84 Å². The quantitative estimate of drug-likeness (QED) is 0.423. The summed E-state index contributed by atoms with van der Waals surface area (Å²) in [6.07, 6.45) is 1.51. The summed E-state index contributed by atoms with van der Waals surface area (Å²) < 4.78 is 2.11. The van der Waals surface area contributed by atoms with E-state index in [0.717, 1.165) is 11.1 Å². The smallest absolute Gasteiger partial charge is 0.292 e. The molecule has 0 aliphatic carbocycles. The first-order valence-corrected chi connectivity index (χ1v) is 7.74. The van der Waals surface area contributed by atoms with Crippen molar-refractivity contribution in [1.29, 1.82) is 0 Å². The molecule has 3 rings (SSSR count). The predicted octanol–water partition coefficient (Wildman–Crippen LogP) is 0.875. The molecule has 0 aliphatic rings. The van der Waals surface area contributed by atoms with E-state index in [9.17, 15) is 9.59 Å². The molecule has 0 radical (unpaired) electrons. The fraction of sp³-hybridized carbons (Fsp3) is 0.167. The molecule has 21 heavy (non-hydrogen) atoms. The largest absolute Gasteiger partial charge is 0.294 e. The van der Waals surface area contributed by atoms with Crippen molar-refractivity contribution >= 4 is 38.8 Å². The Kier molecular flexibility index (Phi) is 3.53. The zero-order chi connectivity index (χ0) is 15.0. The summed E-state index contributed by atoms with van der Waals surface area (Å²) >= 11 is 2.56. The van der Waals surface area contributed by atoms with Crippen LogP contribution in [0.2, 0.25) is 0 Å². The molecule has 108 valence electrons. The molecule has 0 saturated carbocycles. The van der Waals surface area contributed by atoms with Gasteiger partial charge in [-0.25, -0.2) is 15.8 Å². The van der Waals surface area contributed by atoms with Crippen LogP contribution in [0.15, 0.2) is 21.9 Å². The number of rotatable bonds is 3. The Bertz CT molecular complexity index is 879. The molecular formula is C12H11N5O2S2. The molecule has 9 heteroatoms. The molecule has 0 aromatic carbocycles. The van der Waals surface area contributed by atoms with Crippen molar-refractivity contribution in [3.63, 3.8) is 0 Å². The first kappa shape index (κ1) is 13.9. The maximum Gasteiger partial charge on any atom is 0.294 e. The third kappa shape index (κ3) is 2.46. The Balaban J connectivity index is 1.95. The maximum absolute atomic E-state index is 12.4. The van der Waals surface area contributed by atoms with E-state index in [1.165, 1.54) is 33.6 Å². The van der Waals surface area contributed by atoms with Crippen molar-refractivity contribution in [3.05, 3.63) is 43.7 Å². The Hall–Kier alpha value is -2.10. The zero-order valence-electron chi connectivity index (χ0n) is 11.0. The molecule has 3 N–H and O–H groups in total. The van der Waals surface area contributed by atoms with E-state index in [1.54, 1.807) is 5.38 Å². The van der Waals surface area contributed by atoms with Gasteiger partial charge in [-0.3, -0.25) is 19.6 Å². The first-order chi connectivity index (χ1) is 10.1. The lowest BCUT2D eigenvalue weighted by atomic mass is 10.3. The lowest BCUT2D eigenvalue weighted by Crippen LogP contribution is -2.30. The molecule has 0 fully saturated rings. The number of hydrazine groups is 1. The summed E-state index contributed by atoms with van der Waals surface area (Å²) in [4.78, 5) is 32.2. The summed E-state index contributed by atoms with van der Waals surface area (Å²) in [5.41, 5.74) is 4.28. The van der Waals surface area contributed by atoms with Gasteiger partial charge in [0.15, 0.2) is 5.01 Å². The number of aryl methyl sites for hydroxylation is 1. The summed E-state index contributed by atoms with van der Waals surface area (Å²) in [6, 6.07) is 0. The standard InChI is InChI=1S/C12H11N5O2S2/c1-6-3-20-9-8(6)14-5-17(12(9)19)2-7-4-21-11(15-7)10(18)16-13/h3-5H,2,13H2,1H3,(H,16,18). The molecule has 0 unspecified atom stereocenters. The van der Waals surface area contributed by atoms with E-state index in [2.05, 4.69) is 9.97 Å². The molecule has 3 heterocycles. The second-order valence-electron chi connectivity index (χ2n) is 4.39. The van der Waals surface area contributed by atoms with Crippen LogP contribution >= 0.6 is 22.7 Å². The number of hydrogen-bond acceptors (Lipinski definition) is 7. The third-order valence-electron chi connectivity index (χ3n) is 2.93. The second kappa shape index (κ2) is 5.35.